The van der Waals surface area contributed by atoms with E-state index in [2.05, 4.69) is 31.8 Å². The molecule has 0 saturated carbocycles. The fourth-order valence-corrected chi connectivity index (χ4v) is 2.94. The lowest BCUT2D eigenvalue weighted by atomic mass is 10.1. The Labute approximate surface area is 132 Å². The van der Waals surface area contributed by atoms with Gasteiger partial charge < -0.3 is 19.0 Å². The van der Waals surface area contributed by atoms with Crippen molar-refractivity contribution in [2.24, 2.45) is 7.05 Å². The maximum absolute atomic E-state index is 5.36. The van der Waals surface area contributed by atoms with Crippen LogP contribution in [-0.2, 0) is 7.05 Å². The van der Waals surface area contributed by atoms with Gasteiger partial charge in [-0.2, -0.15) is 0 Å². The summed E-state index contributed by atoms with van der Waals surface area (Å²) in [7, 11) is 5.31. The Bertz CT molecular complexity index is 1020. The summed E-state index contributed by atoms with van der Waals surface area (Å²) in [6.07, 6.45) is 3.59. The molecule has 0 bridgehead atoms. The average Bonchev–Trinajstić information content (AvgIpc) is 3.15. The van der Waals surface area contributed by atoms with Crippen molar-refractivity contribution in [3.05, 3.63) is 36.8 Å². The third-order valence-corrected chi connectivity index (χ3v) is 4.07. The van der Waals surface area contributed by atoms with Gasteiger partial charge in [0.1, 0.15) is 17.7 Å². The lowest BCUT2D eigenvalue weighted by molar-refractivity contribution is 0.402. The highest BCUT2D eigenvalue weighted by atomic mass is 16.5. The van der Waals surface area contributed by atoms with E-state index in [0.29, 0.717) is 5.88 Å². The molecule has 6 nitrogen and oxygen atoms in total. The van der Waals surface area contributed by atoms with Crippen LogP contribution in [0.2, 0.25) is 0 Å². The van der Waals surface area contributed by atoms with Crippen LogP contribution in [0.4, 0.5) is 0 Å². The van der Waals surface area contributed by atoms with E-state index >= 15 is 0 Å². The van der Waals surface area contributed by atoms with Crippen LogP contribution in [0, 0.1) is 0 Å². The number of ether oxygens (including phenoxy) is 2. The quantitative estimate of drug-likeness (QED) is 0.631. The number of methoxy groups -OCH3 is 2. The van der Waals surface area contributed by atoms with Crippen LogP contribution in [0.5, 0.6) is 11.6 Å². The van der Waals surface area contributed by atoms with E-state index in [1.165, 1.54) is 6.33 Å². The third-order valence-electron chi connectivity index (χ3n) is 4.07. The number of benzene rings is 1. The van der Waals surface area contributed by atoms with Gasteiger partial charge in [0.25, 0.3) is 0 Å². The highest BCUT2D eigenvalue weighted by Crippen LogP contribution is 2.34. The van der Waals surface area contributed by atoms with E-state index in [1.807, 2.05) is 25.2 Å². The second kappa shape index (κ2) is 5.01. The summed E-state index contributed by atoms with van der Waals surface area (Å²) >= 11 is 0. The summed E-state index contributed by atoms with van der Waals surface area (Å²) in [5.74, 6) is 1.40. The molecule has 4 aromatic rings. The zero-order valence-electron chi connectivity index (χ0n) is 13.1. The SMILES string of the molecule is COc1ccc2c(c1)c(-c1cc3c(OC)ncnc3[nH]1)cn2C. The second-order valence-corrected chi connectivity index (χ2v) is 5.36. The largest absolute Gasteiger partial charge is 0.497 e. The molecule has 0 aliphatic heterocycles. The fraction of sp³-hybridized carbons (Fsp3) is 0.176. The van der Waals surface area contributed by atoms with Crippen molar-refractivity contribution >= 4 is 21.9 Å². The van der Waals surface area contributed by atoms with Crippen molar-refractivity contribution < 1.29 is 9.47 Å². The van der Waals surface area contributed by atoms with Gasteiger partial charge in [0.15, 0.2) is 0 Å². The molecule has 4 rings (SSSR count). The molecule has 0 atom stereocenters. The number of hydrogen-bond donors (Lipinski definition) is 1. The lowest BCUT2D eigenvalue weighted by Gasteiger charge is -2.01. The normalized spacial score (nSPS) is 11.3. The van der Waals surface area contributed by atoms with Gasteiger partial charge in [0.2, 0.25) is 5.88 Å². The Morgan fingerprint density at radius 2 is 1.91 bits per heavy atom. The zero-order valence-corrected chi connectivity index (χ0v) is 13.1. The van der Waals surface area contributed by atoms with Gasteiger partial charge in [-0.1, -0.05) is 0 Å². The topological polar surface area (TPSA) is 65.0 Å². The number of aromatic nitrogens is 4. The highest BCUT2D eigenvalue weighted by Gasteiger charge is 2.14. The summed E-state index contributed by atoms with van der Waals surface area (Å²) in [5, 5.41) is 1.98. The molecule has 1 N–H and O–H groups in total. The first-order valence-corrected chi connectivity index (χ1v) is 7.22. The maximum Gasteiger partial charge on any atom is 0.225 e. The first-order chi connectivity index (χ1) is 11.2. The molecule has 0 aliphatic rings. The minimum atomic E-state index is 0.565. The lowest BCUT2D eigenvalue weighted by Crippen LogP contribution is -1.88. The molecule has 0 amide bonds. The average molecular weight is 308 g/mol. The Morgan fingerprint density at radius 3 is 2.70 bits per heavy atom. The van der Waals surface area contributed by atoms with Gasteiger partial charge in [-0.15, -0.1) is 0 Å². The monoisotopic (exact) mass is 308 g/mol. The number of rotatable bonds is 3. The van der Waals surface area contributed by atoms with Crippen molar-refractivity contribution in [3.63, 3.8) is 0 Å². The molecule has 0 fully saturated rings. The van der Waals surface area contributed by atoms with E-state index < -0.39 is 0 Å². The van der Waals surface area contributed by atoms with Gasteiger partial charge >= 0.3 is 0 Å². The van der Waals surface area contributed by atoms with Crippen LogP contribution in [0.15, 0.2) is 36.8 Å². The molecule has 116 valence electrons. The Kier molecular flexibility index (Phi) is 2.97. The Hall–Kier alpha value is -3.02. The second-order valence-electron chi connectivity index (χ2n) is 5.36. The van der Waals surface area contributed by atoms with Crippen LogP contribution in [0.3, 0.4) is 0 Å². The summed E-state index contributed by atoms with van der Waals surface area (Å²) in [4.78, 5) is 11.8. The fourth-order valence-electron chi connectivity index (χ4n) is 2.94. The van der Waals surface area contributed by atoms with E-state index in [0.717, 1.165) is 38.9 Å². The molecule has 0 saturated heterocycles. The van der Waals surface area contributed by atoms with Gasteiger partial charge in [0, 0.05) is 29.7 Å². The van der Waals surface area contributed by atoms with Gasteiger partial charge in [-0.05, 0) is 24.3 Å². The predicted molar refractivity (Wildman–Crippen MR) is 88.9 cm³/mol. The molecule has 0 radical (unpaired) electrons. The summed E-state index contributed by atoms with van der Waals surface area (Å²) in [6.45, 7) is 0. The van der Waals surface area contributed by atoms with Crippen LogP contribution in [0.25, 0.3) is 33.2 Å². The van der Waals surface area contributed by atoms with Crippen molar-refractivity contribution in [2.75, 3.05) is 14.2 Å². The standard InChI is InChI=1S/C17H16N4O2/c1-21-8-13(11-6-10(22-2)4-5-15(11)21)14-7-12-16(20-14)18-9-19-17(12)23-3/h4-9H,1-3H3,(H,18,19,20). The molecular formula is C17H16N4O2. The van der Waals surface area contributed by atoms with Gasteiger partial charge in [-0.3, -0.25) is 0 Å². The van der Waals surface area contributed by atoms with Crippen LogP contribution in [-0.4, -0.2) is 33.7 Å². The zero-order chi connectivity index (χ0) is 16.0. The molecule has 6 heteroatoms. The van der Waals surface area contributed by atoms with E-state index in [-0.39, 0.29) is 0 Å². The summed E-state index contributed by atoms with van der Waals surface area (Å²) in [6, 6.07) is 8.08. The molecular weight excluding hydrogens is 292 g/mol. The predicted octanol–water partition coefficient (Wildman–Crippen LogP) is 3.13. The molecule has 0 spiro atoms. The number of nitrogens with one attached hydrogen (secondary N) is 1. The number of fused-ring (bicyclic) bond motifs is 2. The van der Waals surface area contributed by atoms with E-state index in [9.17, 15) is 0 Å². The minimum absolute atomic E-state index is 0.565. The van der Waals surface area contributed by atoms with Gasteiger partial charge in [-0.25, -0.2) is 9.97 Å². The molecule has 0 aliphatic carbocycles. The first kappa shape index (κ1) is 13.6. The van der Waals surface area contributed by atoms with E-state index in [1.54, 1.807) is 14.2 Å². The number of aromatic amines is 1. The molecule has 3 heterocycles. The minimum Gasteiger partial charge on any atom is -0.497 e. The molecule has 3 aromatic heterocycles. The van der Waals surface area contributed by atoms with Crippen LogP contribution >= 0.6 is 0 Å². The van der Waals surface area contributed by atoms with Crippen molar-refractivity contribution in [1.82, 2.24) is 19.5 Å². The number of H-pyrrole nitrogens is 1. The van der Waals surface area contributed by atoms with Crippen molar-refractivity contribution in [2.45, 2.75) is 0 Å². The van der Waals surface area contributed by atoms with Crippen molar-refractivity contribution in [3.8, 4) is 22.9 Å². The summed E-state index contributed by atoms with van der Waals surface area (Å²) in [5.41, 5.74) is 3.95. The Balaban J connectivity index is 1.98. The van der Waals surface area contributed by atoms with Gasteiger partial charge in [0.05, 0.1) is 25.3 Å². The molecule has 23 heavy (non-hydrogen) atoms. The smallest absolute Gasteiger partial charge is 0.225 e. The van der Waals surface area contributed by atoms with E-state index in [4.69, 9.17) is 9.47 Å². The maximum atomic E-state index is 5.36. The number of nitrogens with zero attached hydrogens (tertiary/aromatic N) is 3. The third kappa shape index (κ3) is 2.03. The highest BCUT2D eigenvalue weighted by molar-refractivity contribution is 5.99. The summed E-state index contributed by atoms with van der Waals surface area (Å²) < 4.78 is 12.8. The Morgan fingerprint density at radius 1 is 1.04 bits per heavy atom. The molecule has 1 aromatic carbocycles. The number of hydrogen-bond acceptors (Lipinski definition) is 4. The number of aryl methyl sites for hydroxylation is 1. The van der Waals surface area contributed by atoms with Crippen LogP contribution < -0.4 is 9.47 Å². The molecule has 0 unspecified atom stereocenters. The first-order valence-electron chi connectivity index (χ1n) is 7.22. The van der Waals surface area contributed by atoms with Crippen LogP contribution in [0.1, 0.15) is 0 Å². The van der Waals surface area contributed by atoms with Crippen molar-refractivity contribution in [1.29, 1.82) is 0 Å².